The summed E-state index contributed by atoms with van der Waals surface area (Å²) in [7, 11) is 1.90. The van der Waals surface area contributed by atoms with Crippen LogP contribution in [0, 0.1) is 12.8 Å². The zero-order valence-electron chi connectivity index (χ0n) is 12.4. The van der Waals surface area contributed by atoms with Crippen molar-refractivity contribution in [2.24, 2.45) is 5.92 Å². The minimum Gasteiger partial charge on any atom is -0.341 e. The minimum absolute atomic E-state index is 0.179. The third-order valence-electron chi connectivity index (χ3n) is 3.95. The van der Waals surface area contributed by atoms with Gasteiger partial charge in [0.25, 0.3) is 0 Å². The van der Waals surface area contributed by atoms with Gasteiger partial charge in [-0.15, -0.1) is 0 Å². The van der Waals surface area contributed by atoms with Crippen molar-refractivity contribution in [3.05, 3.63) is 34.9 Å². The van der Waals surface area contributed by atoms with Crippen molar-refractivity contribution in [2.45, 2.75) is 33.2 Å². The zero-order chi connectivity index (χ0) is 14.0. The van der Waals surface area contributed by atoms with Crippen molar-refractivity contribution in [3.63, 3.8) is 0 Å². The molecule has 104 valence electrons. The van der Waals surface area contributed by atoms with Gasteiger partial charge in [-0.1, -0.05) is 32.0 Å². The highest BCUT2D eigenvalue weighted by Crippen LogP contribution is 2.20. The Balaban J connectivity index is 2.08. The third kappa shape index (κ3) is 3.16. The predicted octanol–water partition coefficient (Wildman–Crippen LogP) is 2.30. The fourth-order valence-corrected chi connectivity index (χ4v) is 2.33. The van der Waals surface area contributed by atoms with Gasteiger partial charge in [-0.2, -0.15) is 0 Å². The second-order valence-electron chi connectivity index (χ2n) is 5.89. The van der Waals surface area contributed by atoms with Crippen LogP contribution in [0.5, 0.6) is 0 Å². The number of rotatable bonds is 4. The average Bonchev–Trinajstić information content (AvgIpc) is 2.29. The summed E-state index contributed by atoms with van der Waals surface area (Å²) in [4.78, 5) is 14.0. The SMILES string of the molecule is Cc1ccc(C(C)C)cc1CN(C)C(=O)C1CNC1. The van der Waals surface area contributed by atoms with Gasteiger partial charge in [0.2, 0.25) is 5.91 Å². The van der Waals surface area contributed by atoms with Gasteiger partial charge in [0, 0.05) is 26.7 Å². The van der Waals surface area contributed by atoms with Crippen molar-refractivity contribution < 1.29 is 4.79 Å². The van der Waals surface area contributed by atoms with Crippen LogP contribution in [-0.4, -0.2) is 30.9 Å². The molecular weight excluding hydrogens is 236 g/mol. The lowest BCUT2D eigenvalue weighted by Gasteiger charge is -2.30. The van der Waals surface area contributed by atoms with Crippen molar-refractivity contribution in [2.75, 3.05) is 20.1 Å². The lowest BCUT2D eigenvalue weighted by Crippen LogP contribution is -2.51. The monoisotopic (exact) mass is 260 g/mol. The van der Waals surface area contributed by atoms with E-state index in [9.17, 15) is 4.79 Å². The van der Waals surface area contributed by atoms with E-state index >= 15 is 0 Å². The maximum absolute atomic E-state index is 12.1. The van der Waals surface area contributed by atoms with Crippen molar-refractivity contribution >= 4 is 5.91 Å². The Kier molecular flexibility index (Phi) is 4.25. The summed E-state index contributed by atoms with van der Waals surface area (Å²) in [5, 5.41) is 3.15. The van der Waals surface area contributed by atoms with E-state index in [-0.39, 0.29) is 11.8 Å². The molecule has 3 nitrogen and oxygen atoms in total. The van der Waals surface area contributed by atoms with E-state index in [1.165, 1.54) is 16.7 Å². The highest BCUT2D eigenvalue weighted by atomic mass is 16.2. The highest BCUT2D eigenvalue weighted by molar-refractivity contribution is 5.80. The number of hydrogen-bond donors (Lipinski definition) is 1. The number of carbonyl (C=O) groups excluding carboxylic acids is 1. The molecule has 0 atom stereocenters. The Labute approximate surface area is 116 Å². The highest BCUT2D eigenvalue weighted by Gasteiger charge is 2.27. The van der Waals surface area contributed by atoms with Gasteiger partial charge in [0.1, 0.15) is 0 Å². The first-order valence-corrected chi connectivity index (χ1v) is 7.04. The summed E-state index contributed by atoms with van der Waals surface area (Å²) in [5.74, 6) is 0.961. The summed E-state index contributed by atoms with van der Waals surface area (Å²) in [6, 6.07) is 6.58. The smallest absolute Gasteiger partial charge is 0.228 e. The van der Waals surface area contributed by atoms with Crippen LogP contribution >= 0.6 is 0 Å². The Morgan fingerprint density at radius 3 is 2.63 bits per heavy atom. The van der Waals surface area contributed by atoms with Gasteiger partial charge >= 0.3 is 0 Å². The number of nitrogens with one attached hydrogen (secondary N) is 1. The topological polar surface area (TPSA) is 32.3 Å². The summed E-state index contributed by atoms with van der Waals surface area (Å²) in [5.41, 5.74) is 3.86. The van der Waals surface area contributed by atoms with Gasteiger partial charge in [-0.25, -0.2) is 0 Å². The van der Waals surface area contributed by atoms with Gasteiger partial charge < -0.3 is 10.2 Å². The summed E-state index contributed by atoms with van der Waals surface area (Å²) in [6.45, 7) is 8.87. The molecule has 0 aromatic heterocycles. The first kappa shape index (κ1) is 14.1. The molecule has 0 bridgehead atoms. The van der Waals surface area contributed by atoms with Crippen LogP contribution in [0.1, 0.15) is 36.5 Å². The van der Waals surface area contributed by atoms with Crippen LogP contribution in [0.2, 0.25) is 0 Å². The second-order valence-corrected chi connectivity index (χ2v) is 5.89. The molecule has 1 saturated heterocycles. The average molecular weight is 260 g/mol. The van der Waals surface area contributed by atoms with Crippen LogP contribution in [-0.2, 0) is 11.3 Å². The molecule has 3 heteroatoms. The largest absolute Gasteiger partial charge is 0.341 e. The maximum Gasteiger partial charge on any atom is 0.228 e. The number of benzene rings is 1. The standard InChI is InChI=1S/C16H24N2O/c1-11(2)13-6-5-12(3)14(7-13)10-18(4)16(19)15-8-17-9-15/h5-7,11,15,17H,8-10H2,1-4H3. The Morgan fingerprint density at radius 1 is 1.42 bits per heavy atom. The zero-order valence-corrected chi connectivity index (χ0v) is 12.4. The molecular formula is C16H24N2O. The third-order valence-corrected chi connectivity index (χ3v) is 3.95. The van der Waals surface area contributed by atoms with Crippen molar-refractivity contribution in [3.8, 4) is 0 Å². The number of hydrogen-bond acceptors (Lipinski definition) is 2. The fourth-order valence-electron chi connectivity index (χ4n) is 2.33. The number of nitrogens with zero attached hydrogens (tertiary/aromatic N) is 1. The van der Waals surface area contributed by atoms with E-state index in [0.29, 0.717) is 12.5 Å². The Morgan fingerprint density at radius 2 is 2.11 bits per heavy atom. The molecule has 1 aliphatic rings. The van der Waals surface area contributed by atoms with Crippen LogP contribution < -0.4 is 5.32 Å². The van der Waals surface area contributed by atoms with Crippen LogP contribution in [0.4, 0.5) is 0 Å². The first-order chi connectivity index (χ1) is 8.99. The molecule has 0 radical (unpaired) electrons. The maximum atomic E-state index is 12.1. The lowest BCUT2D eigenvalue weighted by atomic mass is 9.97. The van der Waals surface area contributed by atoms with Gasteiger partial charge in [0.15, 0.2) is 0 Å². The van der Waals surface area contributed by atoms with Crippen LogP contribution in [0.15, 0.2) is 18.2 Å². The summed E-state index contributed by atoms with van der Waals surface area (Å²) in [6.07, 6.45) is 0. The molecule has 1 aromatic carbocycles. The second kappa shape index (κ2) is 5.74. The normalized spacial score (nSPS) is 15.4. The first-order valence-electron chi connectivity index (χ1n) is 7.04. The van der Waals surface area contributed by atoms with E-state index in [0.717, 1.165) is 13.1 Å². The summed E-state index contributed by atoms with van der Waals surface area (Å²) >= 11 is 0. The minimum atomic E-state index is 0.179. The molecule has 1 aromatic rings. The molecule has 1 heterocycles. The molecule has 1 N–H and O–H groups in total. The molecule has 1 amide bonds. The van der Waals surface area contributed by atoms with Crippen molar-refractivity contribution in [1.29, 1.82) is 0 Å². The molecule has 0 spiro atoms. The van der Waals surface area contributed by atoms with E-state index < -0.39 is 0 Å². The number of amides is 1. The molecule has 1 aliphatic heterocycles. The predicted molar refractivity (Wildman–Crippen MR) is 78.1 cm³/mol. The molecule has 1 fully saturated rings. The number of aryl methyl sites for hydroxylation is 1. The Bertz CT molecular complexity index is 464. The van der Waals surface area contributed by atoms with Crippen molar-refractivity contribution in [1.82, 2.24) is 10.2 Å². The molecule has 0 aliphatic carbocycles. The fraction of sp³-hybridized carbons (Fsp3) is 0.562. The molecule has 0 saturated carbocycles. The van der Waals surface area contributed by atoms with E-state index in [2.05, 4.69) is 44.3 Å². The molecule has 2 rings (SSSR count). The van der Waals surface area contributed by atoms with Gasteiger partial charge in [0.05, 0.1) is 5.92 Å². The Hall–Kier alpha value is -1.35. The molecule has 0 unspecified atom stereocenters. The summed E-state index contributed by atoms with van der Waals surface area (Å²) < 4.78 is 0. The lowest BCUT2D eigenvalue weighted by molar-refractivity contribution is -0.136. The molecule has 19 heavy (non-hydrogen) atoms. The number of carbonyl (C=O) groups is 1. The van der Waals surface area contributed by atoms with E-state index in [1.54, 1.807) is 0 Å². The van der Waals surface area contributed by atoms with Gasteiger partial charge in [-0.3, -0.25) is 4.79 Å². The van der Waals surface area contributed by atoms with Crippen LogP contribution in [0.25, 0.3) is 0 Å². The van der Waals surface area contributed by atoms with Crippen LogP contribution in [0.3, 0.4) is 0 Å². The quantitative estimate of drug-likeness (QED) is 0.901. The van der Waals surface area contributed by atoms with Gasteiger partial charge in [-0.05, 0) is 29.5 Å². The van der Waals surface area contributed by atoms with E-state index in [4.69, 9.17) is 0 Å². The van der Waals surface area contributed by atoms with E-state index in [1.807, 2.05) is 11.9 Å².